The Kier molecular flexibility index (Phi) is 4.31. The summed E-state index contributed by atoms with van der Waals surface area (Å²) in [5.41, 5.74) is -3.84. The first-order valence-corrected chi connectivity index (χ1v) is 5.15. The summed E-state index contributed by atoms with van der Waals surface area (Å²) in [6, 6.07) is 4.35. The number of ether oxygens (including phenoxy) is 1. The van der Waals surface area contributed by atoms with Crippen LogP contribution in [0.25, 0.3) is 0 Å². The monoisotopic (exact) mass is 256 g/mol. The lowest BCUT2D eigenvalue weighted by Crippen LogP contribution is -2.01. The van der Waals surface area contributed by atoms with E-state index in [0.717, 1.165) is 0 Å². The van der Waals surface area contributed by atoms with Crippen molar-refractivity contribution in [2.24, 2.45) is 0 Å². The van der Waals surface area contributed by atoms with E-state index in [9.17, 15) is 13.2 Å². The molecule has 0 aromatic heterocycles. The molecule has 0 aliphatic heterocycles. The van der Waals surface area contributed by atoms with Gasteiger partial charge in [0.25, 0.3) is 0 Å². The van der Waals surface area contributed by atoms with Gasteiger partial charge in [0, 0.05) is 17.0 Å². The summed E-state index contributed by atoms with van der Waals surface area (Å²) >= 11 is 5.44. The van der Waals surface area contributed by atoms with Gasteiger partial charge in [-0.1, -0.05) is 17.7 Å². The first-order valence-electron chi connectivity index (χ1n) is 3.95. The summed E-state index contributed by atoms with van der Waals surface area (Å²) in [4.78, 5) is 0.0804. The van der Waals surface area contributed by atoms with Gasteiger partial charge in [-0.15, -0.1) is 0 Å². The van der Waals surface area contributed by atoms with E-state index in [-0.39, 0.29) is 28.3 Å². The second-order valence-electron chi connectivity index (χ2n) is 2.73. The zero-order valence-corrected chi connectivity index (χ0v) is 9.34. The van der Waals surface area contributed by atoms with E-state index in [0.29, 0.717) is 5.56 Å². The molecule has 0 aliphatic rings. The van der Waals surface area contributed by atoms with Gasteiger partial charge in [-0.25, -0.2) is 0 Å². The Labute approximate surface area is 94.6 Å². The molecule has 0 unspecified atom stereocenters. The normalized spacial score (nSPS) is 11.8. The van der Waals surface area contributed by atoms with E-state index in [1.807, 2.05) is 0 Å². The van der Waals surface area contributed by atoms with Crippen molar-refractivity contribution in [1.29, 1.82) is 0 Å². The van der Waals surface area contributed by atoms with Crippen LogP contribution in [0.3, 0.4) is 0 Å². The zero-order chi connectivity index (χ0) is 11.5. The molecule has 6 heteroatoms. The van der Waals surface area contributed by atoms with Crippen molar-refractivity contribution in [3.8, 4) is 0 Å². The minimum atomic E-state index is -4.31. The molecule has 1 aromatic carbocycles. The topological polar surface area (TPSA) is 9.23 Å². The van der Waals surface area contributed by atoms with Gasteiger partial charge >= 0.3 is 5.51 Å². The molecular formula is C9H8ClF3OS. The van der Waals surface area contributed by atoms with Crippen LogP contribution in [0, 0.1) is 0 Å². The average molecular weight is 257 g/mol. The van der Waals surface area contributed by atoms with Crippen LogP contribution in [-0.4, -0.2) is 12.6 Å². The highest BCUT2D eigenvalue weighted by atomic mass is 35.5. The van der Waals surface area contributed by atoms with Crippen molar-refractivity contribution in [3.63, 3.8) is 0 Å². The molecule has 15 heavy (non-hydrogen) atoms. The molecule has 0 spiro atoms. The number of hydrogen-bond acceptors (Lipinski definition) is 2. The van der Waals surface area contributed by atoms with Gasteiger partial charge in [0.1, 0.15) is 0 Å². The smallest absolute Gasteiger partial charge is 0.380 e. The Balaban J connectivity index is 2.96. The SMILES string of the molecule is COCc1ccc(Cl)cc1SC(F)(F)F. The predicted molar refractivity (Wildman–Crippen MR) is 54.1 cm³/mol. The first-order chi connectivity index (χ1) is 6.92. The Bertz CT molecular complexity index is 341. The number of methoxy groups -OCH3 is 1. The van der Waals surface area contributed by atoms with Gasteiger partial charge in [-0.05, 0) is 29.5 Å². The fourth-order valence-corrected chi connectivity index (χ4v) is 1.95. The Hall–Kier alpha value is -0.390. The number of hydrogen-bond donors (Lipinski definition) is 0. The van der Waals surface area contributed by atoms with E-state index in [1.54, 1.807) is 0 Å². The third-order valence-corrected chi connectivity index (χ3v) is 2.62. The van der Waals surface area contributed by atoms with Gasteiger partial charge < -0.3 is 4.74 Å². The lowest BCUT2D eigenvalue weighted by molar-refractivity contribution is -0.0328. The van der Waals surface area contributed by atoms with Gasteiger partial charge in [0.05, 0.1) is 6.61 Å². The number of rotatable bonds is 3. The van der Waals surface area contributed by atoms with Crippen molar-refractivity contribution in [1.82, 2.24) is 0 Å². The standard InChI is InChI=1S/C9H8ClF3OS/c1-14-5-6-2-3-7(10)4-8(6)15-9(11,12)13/h2-4H,5H2,1H3. The number of benzene rings is 1. The lowest BCUT2D eigenvalue weighted by atomic mass is 10.2. The lowest BCUT2D eigenvalue weighted by Gasteiger charge is -2.10. The molecule has 1 aromatic rings. The summed E-state index contributed by atoms with van der Waals surface area (Å²) < 4.78 is 41.3. The summed E-state index contributed by atoms with van der Waals surface area (Å²) in [7, 11) is 1.43. The van der Waals surface area contributed by atoms with Crippen LogP contribution in [0.2, 0.25) is 5.02 Å². The zero-order valence-electron chi connectivity index (χ0n) is 7.77. The molecule has 0 N–H and O–H groups in total. The highest BCUT2D eigenvalue weighted by Gasteiger charge is 2.30. The van der Waals surface area contributed by atoms with Gasteiger partial charge in [-0.3, -0.25) is 0 Å². The molecule has 1 rings (SSSR count). The third-order valence-electron chi connectivity index (χ3n) is 1.55. The van der Waals surface area contributed by atoms with Crippen molar-refractivity contribution < 1.29 is 17.9 Å². The van der Waals surface area contributed by atoms with E-state index in [4.69, 9.17) is 16.3 Å². The largest absolute Gasteiger partial charge is 0.446 e. The molecule has 0 saturated heterocycles. The van der Waals surface area contributed by atoms with E-state index >= 15 is 0 Å². The summed E-state index contributed by atoms with van der Waals surface area (Å²) in [5.74, 6) is 0. The Morgan fingerprint density at radius 3 is 2.60 bits per heavy atom. The maximum atomic E-state index is 12.2. The Morgan fingerprint density at radius 2 is 2.07 bits per heavy atom. The maximum Gasteiger partial charge on any atom is 0.446 e. The van der Waals surface area contributed by atoms with Gasteiger partial charge in [0.15, 0.2) is 0 Å². The second kappa shape index (κ2) is 5.09. The van der Waals surface area contributed by atoms with Crippen LogP contribution in [0.5, 0.6) is 0 Å². The number of alkyl halides is 3. The maximum absolute atomic E-state index is 12.2. The van der Waals surface area contributed by atoms with Crippen molar-refractivity contribution in [2.45, 2.75) is 17.0 Å². The fraction of sp³-hybridized carbons (Fsp3) is 0.333. The van der Waals surface area contributed by atoms with Crippen molar-refractivity contribution in [3.05, 3.63) is 28.8 Å². The molecule has 0 radical (unpaired) electrons. The van der Waals surface area contributed by atoms with Crippen LogP contribution in [-0.2, 0) is 11.3 Å². The highest BCUT2D eigenvalue weighted by molar-refractivity contribution is 8.00. The third kappa shape index (κ3) is 4.32. The minimum Gasteiger partial charge on any atom is -0.380 e. The highest BCUT2D eigenvalue weighted by Crippen LogP contribution is 2.39. The molecule has 0 bridgehead atoms. The minimum absolute atomic E-state index is 0.0804. The van der Waals surface area contributed by atoms with Crippen LogP contribution >= 0.6 is 23.4 Å². The van der Waals surface area contributed by atoms with Crippen LogP contribution in [0.4, 0.5) is 13.2 Å². The number of halogens is 4. The predicted octanol–water partition coefficient (Wildman–Crippen LogP) is 4.10. The molecule has 0 fully saturated rings. The fourth-order valence-electron chi connectivity index (χ4n) is 1.02. The molecule has 0 heterocycles. The van der Waals surface area contributed by atoms with Crippen LogP contribution in [0.1, 0.15) is 5.56 Å². The van der Waals surface area contributed by atoms with Crippen molar-refractivity contribution >= 4 is 23.4 Å². The van der Waals surface area contributed by atoms with Gasteiger partial charge in [0.2, 0.25) is 0 Å². The quantitative estimate of drug-likeness (QED) is 0.753. The second-order valence-corrected chi connectivity index (χ2v) is 4.28. The molecule has 0 aliphatic carbocycles. The van der Waals surface area contributed by atoms with Crippen LogP contribution in [0.15, 0.2) is 23.1 Å². The van der Waals surface area contributed by atoms with E-state index < -0.39 is 5.51 Å². The van der Waals surface area contributed by atoms with E-state index in [2.05, 4.69) is 0 Å². The summed E-state index contributed by atoms with van der Waals surface area (Å²) in [5, 5.41) is 0.279. The molecule has 1 nitrogen and oxygen atoms in total. The first kappa shape index (κ1) is 12.7. The van der Waals surface area contributed by atoms with E-state index in [1.165, 1.54) is 25.3 Å². The average Bonchev–Trinajstić information content (AvgIpc) is 2.07. The summed E-state index contributed by atoms with van der Waals surface area (Å²) in [6.45, 7) is 0.135. The van der Waals surface area contributed by atoms with Gasteiger partial charge in [-0.2, -0.15) is 13.2 Å². The summed E-state index contributed by atoms with van der Waals surface area (Å²) in [6.07, 6.45) is 0. The number of thioether (sulfide) groups is 1. The molecule has 84 valence electrons. The molecular weight excluding hydrogens is 249 g/mol. The molecule has 0 amide bonds. The molecule has 0 atom stereocenters. The Morgan fingerprint density at radius 1 is 1.40 bits per heavy atom. The molecule has 0 saturated carbocycles. The van der Waals surface area contributed by atoms with Crippen LogP contribution < -0.4 is 0 Å². The van der Waals surface area contributed by atoms with Crippen molar-refractivity contribution in [2.75, 3.05) is 7.11 Å².